The van der Waals surface area contributed by atoms with Gasteiger partial charge in [0.25, 0.3) is 5.69 Å². The summed E-state index contributed by atoms with van der Waals surface area (Å²) < 4.78 is 2.59. The quantitative estimate of drug-likeness (QED) is 0.337. The molecule has 4 aromatic rings. The summed E-state index contributed by atoms with van der Waals surface area (Å²) in [5.41, 5.74) is 2.76. The van der Waals surface area contributed by atoms with Crippen LogP contribution < -0.4 is 0 Å². The van der Waals surface area contributed by atoms with Crippen molar-refractivity contribution in [1.82, 2.24) is 30.0 Å². The number of non-ortho nitro benzene ring substituents is 1. The molecule has 4 rings (SSSR count). The Balaban J connectivity index is 1.50. The van der Waals surface area contributed by atoms with Crippen molar-refractivity contribution in [1.29, 1.82) is 0 Å². The van der Waals surface area contributed by atoms with Gasteiger partial charge in [-0.25, -0.2) is 0 Å². The Morgan fingerprint density at radius 1 is 1.00 bits per heavy atom. The number of benzene rings is 2. The Morgan fingerprint density at radius 3 is 2.43 bits per heavy atom. The monoisotopic (exact) mass is 439 g/mol. The Bertz CT molecular complexity index is 1110. The average molecular weight is 440 g/mol. The van der Waals surface area contributed by atoms with E-state index in [9.17, 15) is 10.1 Å². The van der Waals surface area contributed by atoms with E-state index in [1.807, 2.05) is 35.0 Å². The number of halogens is 1. The van der Waals surface area contributed by atoms with Crippen molar-refractivity contribution in [3.8, 4) is 11.4 Å². The van der Waals surface area contributed by atoms with Crippen LogP contribution in [0, 0.1) is 10.1 Å². The van der Waals surface area contributed by atoms with E-state index in [0.717, 1.165) is 21.3 Å². The van der Waals surface area contributed by atoms with Crippen LogP contribution in [0.5, 0.6) is 0 Å². The number of nitrogens with zero attached hydrogens (tertiary/aromatic N) is 7. The molecule has 0 saturated heterocycles. The molecule has 0 radical (unpaired) electrons. The lowest BCUT2D eigenvalue weighted by molar-refractivity contribution is -0.384. The van der Waals surface area contributed by atoms with Crippen LogP contribution >= 0.6 is 15.9 Å². The summed E-state index contributed by atoms with van der Waals surface area (Å²) in [6.07, 6.45) is 1.69. The lowest BCUT2D eigenvalue weighted by Crippen LogP contribution is -2.04. The van der Waals surface area contributed by atoms with Gasteiger partial charge in [-0.05, 0) is 32.3 Å². The molecule has 0 amide bonds. The third kappa shape index (κ3) is 3.81. The van der Waals surface area contributed by atoms with E-state index in [-0.39, 0.29) is 5.69 Å². The van der Waals surface area contributed by atoms with E-state index in [4.69, 9.17) is 0 Å². The summed E-state index contributed by atoms with van der Waals surface area (Å²) in [5, 5.41) is 27.7. The van der Waals surface area contributed by atoms with Crippen molar-refractivity contribution in [3.63, 3.8) is 0 Å². The minimum atomic E-state index is -0.430. The highest BCUT2D eigenvalue weighted by atomic mass is 79.9. The molecule has 0 N–H and O–H groups in total. The second kappa shape index (κ2) is 7.69. The summed E-state index contributed by atoms with van der Waals surface area (Å²) >= 11 is 3.56. The molecule has 2 heterocycles. The molecule has 9 nitrogen and oxygen atoms in total. The number of hydrogen-bond acceptors (Lipinski definition) is 6. The molecule has 0 unspecified atom stereocenters. The van der Waals surface area contributed by atoms with Crippen molar-refractivity contribution in [2.75, 3.05) is 0 Å². The summed E-state index contributed by atoms with van der Waals surface area (Å²) in [6.45, 7) is 0.985. The molecule has 0 spiro atoms. The van der Waals surface area contributed by atoms with E-state index in [2.05, 4.69) is 36.4 Å². The highest BCUT2D eigenvalue weighted by molar-refractivity contribution is 9.10. The van der Waals surface area contributed by atoms with Gasteiger partial charge >= 0.3 is 0 Å². The second-order valence-electron chi connectivity index (χ2n) is 6.06. The van der Waals surface area contributed by atoms with Gasteiger partial charge in [-0.1, -0.05) is 42.5 Å². The lowest BCUT2D eigenvalue weighted by Gasteiger charge is -2.03. The Hall–Kier alpha value is -3.40. The van der Waals surface area contributed by atoms with Gasteiger partial charge in [-0.2, -0.15) is 9.90 Å². The summed E-state index contributed by atoms with van der Waals surface area (Å²) in [6, 6.07) is 16.3. The fourth-order valence-corrected chi connectivity index (χ4v) is 3.19. The van der Waals surface area contributed by atoms with Crippen molar-refractivity contribution in [2.24, 2.45) is 0 Å². The average Bonchev–Trinajstić information content (AvgIpc) is 3.30. The van der Waals surface area contributed by atoms with Gasteiger partial charge < -0.3 is 0 Å². The van der Waals surface area contributed by atoms with E-state index < -0.39 is 4.92 Å². The van der Waals surface area contributed by atoms with Gasteiger partial charge in [0, 0.05) is 12.1 Å². The van der Waals surface area contributed by atoms with E-state index in [0.29, 0.717) is 18.9 Å². The molecule has 0 atom stereocenters. The Kier molecular flexibility index (Phi) is 4.94. The predicted octanol–water partition coefficient (Wildman–Crippen LogP) is 3.30. The predicted molar refractivity (Wildman–Crippen MR) is 104 cm³/mol. The highest BCUT2D eigenvalue weighted by Crippen LogP contribution is 2.25. The van der Waals surface area contributed by atoms with Crippen molar-refractivity contribution < 1.29 is 4.92 Å². The number of nitro benzene ring substituents is 1. The normalized spacial score (nSPS) is 10.9. The van der Waals surface area contributed by atoms with Crippen molar-refractivity contribution in [3.05, 3.63) is 86.6 Å². The Labute approximate surface area is 167 Å². The number of nitro groups is 1. The minimum absolute atomic E-state index is 0.0470. The maximum absolute atomic E-state index is 10.7. The lowest BCUT2D eigenvalue weighted by atomic mass is 10.2. The first-order valence-electron chi connectivity index (χ1n) is 8.37. The first kappa shape index (κ1) is 18.0. The standard InChI is InChI=1S/C18H14BrN7O2/c19-17-16(10-20-24(17)11-13-4-2-1-3-5-13)18-21-23-25(22-18)12-14-6-8-15(9-7-14)26(27)28/h1-10H,11-12H2. The molecule has 0 aliphatic carbocycles. The molecule has 0 bridgehead atoms. The van der Waals surface area contributed by atoms with Crippen LogP contribution in [0.1, 0.15) is 11.1 Å². The van der Waals surface area contributed by atoms with Crippen LogP contribution in [0.15, 0.2) is 65.4 Å². The van der Waals surface area contributed by atoms with Crippen LogP contribution in [0.4, 0.5) is 5.69 Å². The molecule has 28 heavy (non-hydrogen) atoms. The van der Waals surface area contributed by atoms with E-state index >= 15 is 0 Å². The third-order valence-electron chi connectivity index (χ3n) is 4.12. The molecule has 140 valence electrons. The zero-order valence-corrected chi connectivity index (χ0v) is 16.1. The summed E-state index contributed by atoms with van der Waals surface area (Å²) in [4.78, 5) is 11.7. The minimum Gasteiger partial charge on any atom is -0.258 e. The summed E-state index contributed by atoms with van der Waals surface area (Å²) in [5.74, 6) is 0.452. The molecule has 0 aliphatic heterocycles. The van der Waals surface area contributed by atoms with Gasteiger partial charge in [0.1, 0.15) is 4.60 Å². The zero-order chi connectivity index (χ0) is 19.5. The molecule has 2 aromatic heterocycles. The third-order valence-corrected chi connectivity index (χ3v) is 4.95. The molecular weight excluding hydrogens is 426 g/mol. The topological polar surface area (TPSA) is 105 Å². The van der Waals surface area contributed by atoms with E-state index in [1.165, 1.54) is 16.9 Å². The Morgan fingerprint density at radius 2 is 1.71 bits per heavy atom. The SMILES string of the molecule is O=[N+]([O-])c1ccc(Cn2nnc(-c3cnn(Cc4ccccc4)c3Br)n2)cc1. The van der Waals surface area contributed by atoms with E-state index in [1.54, 1.807) is 18.3 Å². The molecule has 10 heteroatoms. The maximum Gasteiger partial charge on any atom is 0.269 e. The number of rotatable bonds is 6. The molecule has 2 aromatic carbocycles. The van der Waals surface area contributed by atoms with Gasteiger partial charge in [0.2, 0.25) is 5.82 Å². The molecular formula is C18H14BrN7O2. The van der Waals surface area contributed by atoms with Crippen molar-refractivity contribution >= 4 is 21.6 Å². The smallest absolute Gasteiger partial charge is 0.258 e. The van der Waals surface area contributed by atoms with Gasteiger partial charge in [0.15, 0.2) is 0 Å². The number of hydrogen-bond donors (Lipinski definition) is 0. The van der Waals surface area contributed by atoms with Crippen molar-refractivity contribution in [2.45, 2.75) is 13.1 Å². The molecule has 0 aliphatic rings. The van der Waals surface area contributed by atoms with Gasteiger partial charge in [0.05, 0.1) is 29.8 Å². The largest absolute Gasteiger partial charge is 0.269 e. The highest BCUT2D eigenvalue weighted by Gasteiger charge is 2.15. The van der Waals surface area contributed by atoms with Crippen LogP contribution in [0.3, 0.4) is 0 Å². The second-order valence-corrected chi connectivity index (χ2v) is 6.81. The van der Waals surface area contributed by atoms with Crippen LogP contribution in [-0.2, 0) is 13.1 Å². The molecule has 0 fully saturated rings. The fraction of sp³-hybridized carbons (Fsp3) is 0.111. The van der Waals surface area contributed by atoms with Gasteiger partial charge in [-0.15, -0.1) is 10.2 Å². The first-order valence-corrected chi connectivity index (χ1v) is 9.16. The van der Waals surface area contributed by atoms with Crippen LogP contribution in [0.2, 0.25) is 0 Å². The number of tetrazole rings is 1. The van der Waals surface area contributed by atoms with Gasteiger partial charge in [-0.3, -0.25) is 14.8 Å². The fourth-order valence-electron chi connectivity index (χ4n) is 2.69. The molecule has 0 saturated carbocycles. The number of aromatic nitrogens is 6. The van der Waals surface area contributed by atoms with Crippen LogP contribution in [0.25, 0.3) is 11.4 Å². The zero-order valence-electron chi connectivity index (χ0n) is 14.5. The van der Waals surface area contributed by atoms with Crippen LogP contribution in [-0.4, -0.2) is 34.9 Å². The maximum atomic E-state index is 10.7. The summed E-state index contributed by atoms with van der Waals surface area (Å²) in [7, 11) is 0. The first-order chi connectivity index (χ1) is 13.6.